The highest BCUT2D eigenvalue weighted by Gasteiger charge is 2.19. The molecule has 0 saturated heterocycles. The Balaban J connectivity index is 2.28. The van der Waals surface area contributed by atoms with Gasteiger partial charge >= 0.3 is 0 Å². The lowest BCUT2D eigenvalue weighted by atomic mass is 10.1. The Morgan fingerprint density at radius 3 is 2.67 bits per heavy atom. The summed E-state index contributed by atoms with van der Waals surface area (Å²) in [4.78, 5) is 8.93. The van der Waals surface area contributed by atoms with Crippen LogP contribution in [0.4, 0.5) is 0 Å². The minimum Gasteiger partial charge on any atom is -0.308 e. The van der Waals surface area contributed by atoms with Gasteiger partial charge in [0.2, 0.25) is 0 Å². The third-order valence-electron chi connectivity index (χ3n) is 3.14. The zero-order valence-corrected chi connectivity index (χ0v) is 15.5. The van der Waals surface area contributed by atoms with Crippen molar-refractivity contribution in [3.63, 3.8) is 0 Å². The van der Waals surface area contributed by atoms with Crippen LogP contribution in [-0.4, -0.2) is 26.3 Å². The van der Waals surface area contributed by atoms with E-state index in [0.717, 1.165) is 33.4 Å². The van der Waals surface area contributed by atoms with Crippen LogP contribution in [0.25, 0.3) is 0 Å². The summed E-state index contributed by atoms with van der Waals surface area (Å²) in [7, 11) is 0. The molecule has 114 valence electrons. The molecule has 0 aliphatic heterocycles. The molecular formula is C14H19Br2N5. The van der Waals surface area contributed by atoms with Crippen LogP contribution in [0.2, 0.25) is 0 Å². The zero-order valence-electron chi connectivity index (χ0n) is 12.3. The minimum absolute atomic E-state index is 0.0965. The molecule has 0 aliphatic rings. The number of nitrogens with one attached hydrogen (secondary N) is 1. The molecule has 0 saturated carbocycles. The van der Waals surface area contributed by atoms with Gasteiger partial charge in [0, 0.05) is 27.6 Å². The summed E-state index contributed by atoms with van der Waals surface area (Å²) in [5, 5.41) is 7.77. The summed E-state index contributed by atoms with van der Waals surface area (Å²) >= 11 is 7.03. The van der Waals surface area contributed by atoms with Crippen molar-refractivity contribution in [2.24, 2.45) is 0 Å². The van der Waals surface area contributed by atoms with Crippen LogP contribution in [0.3, 0.4) is 0 Å². The monoisotopic (exact) mass is 415 g/mol. The predicted octanol–water partition coefficient (Wildman–Crippen LogP) is 3.67. The van der Waals surface area contributed by atoms with E-state index in [1.165, 1.54) is 0 Å². The number of aromatic nitrogens is 4. The average Bonchev–Trinajstić information content (AvgIpc) is 2.86. The maximum atomic E-state index is 4.54. The van der Waals surface area contributed by atoms with Crippen LogP contribution in [0.5, 0.6) is 0 Å². The average molecular weight is 417 g/mol. The molecule has 2 aromatic rings. The van der Waals surface area contributed by atoms with Gasteiger partial charge in [-0.25, -0.2) is 9.67 Å². The highest BCUT2D eigenvalue weighted by molar-refractivity contribution is 9.11. The first kappa shape index (κ1) is 16.6. The highest BCUT2D eigenvalue weighted by atomic mass is 79.9. The van der Waals surface area contributed by atoms with E-state index in [9.17, 15) is 0 Å². The van der Waals surface area contributed by atoms with Gasteiger partial charge in [-0.2, -0.15) is 5.10 Å². The standard InChI is InChI=1S/C14H19Br2N5/c1-4-17-12(14-11(16)5-10(15)7-18-14)6-13-19-8-20-21(13)9(2)3/h5,7-9,12,17H,4,6H2,1-3H3. The molecule has 0 bridgehead atoms. The van der Waals surface area contributed by atoms with E-state index >= 15 is 0 Å². The molecule has 1 N–H and O–H groups in total. The molecule has 2 aromatic heterocycles. The number of likely N-dealkylation sites (N-methyl/N-ethyl adjacent to an activating group) is 1. The number of nitrogens with zero attached hydrogens (tertiary/aromatic N) is 4. The van der Waals surface area contributed by atoms with Crippen molar-refractivity contribution in [1.82, 2.24) is 25.1 Å². The lowest BCUT2D eigenvalue weighted by Gasteiger charge is -2.19. The topological polar surface area (TPSA) is 55.6 Å². The second-order valence-electron chi connectivity index (χ2n) is 5.05. The molecule has 0 radical (unpaired) electrons. The first-order valence-corrected chi connectivity index (χ1v) is 8.54. The summed E-state index contributed by atoms with van der Waals surface area (Å²) in [5.41, 5.74) is 0.985. The Hall–Kier alpha value is -0.790. The van der Waals surface area contributed by atoms with Crippen molar-refractivity contribution in [2.75, 3.05) is 6.54 Å². The van der Waals surface area contributed by atoms with Crippen molar-refractivity contribution in [2.45, 2.75) is 39.3 Å². The first-order chi connectivity index (χ1) is 10.0. The normalized spacial score (nSPS) is 12.9. The summed E-state index contributed by atoms with van der Waals surface area (Å²) in [5.74, 6) is 0.965. The van der Waals surface area contributed by atoms with Gasteiger partial charge < -0.3 is 5.32 Å². The van der Waals surface area contributed by atoms with Crippen LogP contribution >= 0.6 is 31.9 Å². The van der Waals surface area contributed by atoms with E-state index < -0.39 is 0 Å². The Bertz CT molecular complexity index is 597. The van der Waals surface area contributed by atoms with Crippen molar-refractivity contribution in [3.8, 4) is 0 Å². The molecule has 0 aromatic carbocycles. The van der Waals surface area contributed by atoms with Crippen molar-refractivity contribution in [1.29, 1.82) is 0 Å². The maximum absolute atomic E-state index is 4.54. The smallest absolute Gasteiger partial charge is 0.138 e. The van der Waals surface area contributed by atoms with Crippen LogP contribution in [-0.2, 0) is 6.42 Å². The van der Waals surface area contributed by atoms with Crippen LogP contribution in [0.15, 0.2) is 27.5 Å². The Kier molecular flexibility index (Phi) is 5.89. The van der Waals surface area contributed by atoms with Crippen LogP contribution < -0.4 is 5.32 Å². The minimum atomic E-state index is 0.0965. The van der Waals surface area contributed by atoms with Crippen LogP contribution in [0.1, 0.15) is 44.4 Å². The van der Waals surface area contributed by atoms with Crippen molar-refractivity contribution >= 4 is 31.9 Å². The quantitative estimate of drug-likeness (QED) is 0.780. The molecule has 1 unspecified atom stereocenters. The SMILES string of the molecule is CCNC(Cc1ncnn1C(C)C)c1ncc(Br)cc1Br. The van der Waals surface area contributed by atoms with Crippen molar-refractivity contribution < 1.29 is 0 Å². The largest absolute Gasteiger partial charge is 0.308 e. The molecule has 21 heavy (non-hydrogen) atoms. The Morgan fingerprint density at radius 1 is 1.29 bits per heavy atom. The molecule has 0 aliphatic carbocycles. The molecule has 0 spiro atoms. The molecule has 1 atom stereocenters. The number of pyridine rings is 1. The number of rotatable bonds is 6. The molecule has 2 heterocycles. The fourth-order valence-electron chi connectivity index (χ4n) is 2.23. The van der Waals surface area contributed by atoms with Crippen LogP contribution in [0, 0.1) is 0 Å². The van der Waals surface area contributed by atoms with E-state index in [1.54, 1.807) is 6.33 Å². The fourth-order valence-corrected chi connectivity index (χ4v) is 3.49. The summed E-state index contributed by atoms with van der Waals surface area (Å²) in [6.45, 7) is 7.17. The first-order valence-electron chi connectivity index (χ1n) is 6.95. The molecule has 0 amide bonds. The fraction of sp³-hybridized carbons (Fsp3) is 0.500. The van der Waals surface area contributed by atoms with Gasteiger partial charge in [0.15, 0.2) is 0 Å². The predicted molar refractivity (Wildman–Crippen MR) is 90.2 cm³/mol. The van der Waals surface area contributed by atoms with E-state index in [-0.39, 0.29) is 6.04 Å². The molecular weight excluding hydrogens is 398 g/mol. The van der Waals surface area contributed by atoms with E-state index in [4.69, 9.17) is 0 Å². The second kappa shape index (κ2) is 7.47. The maximum Gasteiger partial charge on any atom is 0.138 e. The molecule has 5 nitrogen and oxygen atoms in total. The van der Waals surface area contributed by atoms with Crippen molar-refractivity contribution in [3.05, 3.63) is 39.1 Å². The van der Waals surface area contributed by atoms with E-state index in [2.05, 4.69) is 73.0 Å². The van der Waals surface area contributed by atoms with Gasteiger partial charge in [-0.1, -0.05) is 6.92 Å². The zero-order chi connectivity index (χ0) is 15.4. The number of halogens is 2. The lowest BCUT2D eigenvalue weighted by Crippen LogP contribution is -2.26. The highest BCUT2D eigenvalue weighted by Crippen LogP contribution is 2.26. The number of hydrogen-bond donors (Lipinski definition) is 1. The Morgan fingerprint density at radius 2 is 2.05 bits per heavy atom. The molecule has 0 fully saturated rings. The third kappa shape index (κ3) is 4.11. The lowest BCUT2D eigenvalue weighted by molar-refractivity contribution is 0.463. The van der Waals surface area contributed by atoms with Gasteiger partial charge in [-0.15, -0.1) is 0 Å². The molecule has 7 heteroatoms. The Labute approximate surface area is 141 Å². The number of hydrogen-bond acceptors (Lipinski definition) is 4. The van der Waals surface area contributed by atoms with Gasteiger partial charge in [-0.05, 0) is 58.3 Å². The van der Waals surface area contributed by atoms with Gasteiger partial charge in [0.1, 0.15) is 12.2 Å². The van der Waals surface area contributed by atoms with E-state index in [1.807, 2.05) is 16.9 Å². The van der Waals surface area contributed by atoms with Gasteiger partial charge in [-0.3, -0.25) is 4.98 Å². The summed E-state index contributed by atoms with van der Waals surface area (Å²) < 4.78 is 3.90. The van der Waals surface area contributed by atoms with E-state index in [0.29, 0.717) is 6.04 Å². The third-order valence-corrected chi connectivity index (χ3v) is 4.21. The summed E-state index contributed by atoms with van der Waals surface area (Å²) in [6, 6.07) is 2.41. The molecule has 2 rings (SSSR count). The van der Waals surface area contributed by atoms with Gasteiger partial charge in [0.25, 0.3) is 0 Å². The second-order valence-corrected chi connectivity index (χ2v) is 6.82. The van der Waals surface area contributed by atoms with Gasteiger partial charge in [0.05, 0.1) is 11.7 Å². The summed E-state index contributed by atoms with van der Waals surface area (Å²) in [6.07, 6.45) is 4.18.